The highest BCUT2D eigenvalue weighted by Crippen LogP contribution is 2.40. The van der Waals surface area contributed by atoms with Crippen molar-refractivity contribution in [2.75, 3.05) is 0 Å². The van der Waals surface area contributed by atoms with Crippen LogP contribution in [0.3, 0.4) is 0 Å². The molecular formula is C21H24NO2P. The van der Waals surface area contributed by atoms with Crippen LogP contribution in [0, 0.1) is 0 Å². The number of fused-ring (bicyclic) bond motifs is 1. The van der Waals surface area contributed by atoms with Crippen LogP contribution in [0.2, 0.25) is 0 Å². The lowest BCUT2D eigenvalue weighted by Gasteiger charge is -2.22. The maximum atomic E-state index is 5.99. The van der Waals surface area contributed by atoms with Gasteiger partial charge in [0.2, 0.25) is 8.38 Å². The lowest BCUT2D eigenvalue weighted by Crippen LogP contribution is -2.12. The molecule has 0 unspecified atom stereocenters. The van der Waals surface area contributed by atoms with Crippen molar-refractivity contribution in [2.45, 2.75) is 39.9 Å². The molecule has 4 heteroatoms. The molecule has 0 fully saturated rings. The zero-order chi connectivity index (χ0) is 17.8. The minimum Gasteiger partial charge on any atom is -0.328 e. The summed E-state index contributed by atoms with van der Waals surface area (Å²) in [5.74, 6) is 0. The van der Waals surface area contributed by atoms with Crippen molar-refractivity contribution < 1.29 is 9.05 Å². The summed E-state index contributed by atoms with van der Waals surface area (Å²) in [5, 5.41) is 3.45. The second-order valence-electron chi connectivity index (χ2n) is 6.49. The van der Waals surface area contributed by atoms with Crippen molar-refractivity contribution >= 4 is 24.5 Å². The predicted molar refractivity (Wildman–Crippen MR) is 106 cm³/mol. The van der Waals surface area contributed by atoms with Gasteiger partial charge in [-0.05, 0) is 51.3 Å². The molecule has 2 aromatic carbocycles. The zero-order valence-corrected chi connectivity index (χ0v) is 16.0. The van der Waals surface area contributed by atoms with E-state index in [1.54, 1.807) is 0 Å². The van der Waals surface area contributed by atoms with Gasteiger partial charge in [-0.3, -0.25) is 4.98 Å². The van der Waals surface area contributed by atoms with Gasteiger partial charge in [-0.2, -0.15) is 0 Å². The van der Waals surface area contributed by atoms with E-state index in [1.165, 1.54) is 5.39 Å². The van der Waals surface area contributed by atoms with Crippen molar-refractivity contribution in [3.63, 3.8) is 0 Å². The predicted octanol–water partition coefficient (Wildman–Crippen LogP) is 5.69. The van der Waals surface area contributed by atoms with Gasteiger partial charge in [0, 0.05) is 22.5 Å². The van der Waals surface area contributed by atoms with Crippen LogP contribution in [0.5, 0.6) is 0 Å². The molecule has 0 N–H and O–H groups in total. The summed E-state index contributed by atoms with van der Waals surface area (Å²) >= 11 is 0. The minimum atomic E-state index is -1.07. The summed E-state index contributed by atoms with van der Waals surface area (Å²) < 4.78 is 12.0. The van der Waals surface area contributed by atoms with Crippen LogP contribution in [0.25, 0.3) is 22.0 Å². The van der Waals surface area contributed by atoms with Crippen molar-refractivity contribution in [1.29, 1.82) is 0 Å². The van der Waals surface area contributed by atoms with Crippen LogP contribution in [-0.2, 0) is 9.05 Å². The summed E-state index contributed by atoms with van der Waals surface area (Å²) in [6.07, 6.45) is 2.12. The van der Waals surface area contributed by atoms with E-state index < -0.39 is 8.38 Å². The first-order valence-electron chi connectivity index (χ1n) is 8.62. The Hall–Kier alpha value is -1.80. The Kier molecular flexibility index (Phi) is 5.80. The van der Waals surface area contributed by atoms with Crippen LogP contribution in [0.15, 0.2) is 60.8 Å². The van der Waals surface area contributed by atoms with E-state index in [4.69, 9.17) is 9.05 Å². The molecule has 0 bridgehead atoms. The smallest absolute Gasteiger partial charge is 0.205 e. The molecular weight excluding hydrogens is 329 g/mol. The average molecular weight is 353 g/mol. The van der Waals surface area contributed by atoms with Crippen LogP contribution >= 0.6 is 8.38 Å². The number of nitrogens with zero attached hydrogens (tertiary/aromatic N) is 1. The fraction of sp³-hybridized carbons (Fsp3) is 0.286. The second kappa shape index (κ2) is 8.05. The molecule has 25 heavy (non-hydrogen) atoms. The maximum absolute atomic E-state index is 5.99. The lowest BCUT2D eigenvalue weighted by molar-refractivity contribution is 0.183. The highest BCUT2D eigenvalue weighted by Gasteiger charge is 2.18. The van der Waals surface area contributed by atoms with Gasteiger partial charge in [0.05, 0.1) is 17.9 Å². The van der Waals surface area contributed by atoms with E-state index in [2.05, 4.69) is 47.4 Å². The highest BCUT2D eigenvalue weighted by atomic mass is 31.2. The molecule has 0 aliphatic rings. The first kappa shape index (κ1) is 18.0. The molecule has 0 saturated carbocycles. The van der Waals surface area contributed by atoms with Crippen LogP contribution < -0.4 is 5.30 Å². The van der Waals surface area contributed by atoms with Crippen LogP contribution in [0.4, 0.5) is 0 Å². The van der Waals surface area contributed by atoms with Gasteiger partial charge >= 0.3 is 0 Å². The fourth-order valence-electron chi connectivity index (χ4n) is 2.62. The van der Waals surface area contributed by atoms with Crippen molar-refractivity contribution in [2.24, 2.45) is 0 Å². The molecule has 0 aliphatic carbocycles. The average Bonchev–Trinajstić information content (AvgIpc) is 2.60. The number of pyridine rings is 1. The Labute approximate surface area is 150 Å². The summed E-state index contributed by atoms with van der Waals surface area (Å²) in [6.45, 7) is 8.14. The molecule has 0 amide bonds. The van der Waals surface area contributed by atoms with E-state index in [9.17, 15) is 0 Å². The largest absolute Gasteiger partial charge is 0.328 e. The number of rotatable bonds is 6. The Bertz CT molecular complexity index is 815. The molecule has 1 heterocycles. The van der Waals surface area contributed by atoms with Crippen molar-refractivity contribution in [1.82, 2.24) is 4.98 Å². The van der Waals surface area contributed by atoms with Crippen molar-refractivity contribution in [3.05, 3.63) is 60.8 Å². The number of hydrogen-bond donors (Lipinski definition) is 0. The first-order valence-corrected chi connectivity index (χ1v) is 9.80. The SMILES string of the molecule is CC(C)OP(OC(C)C)c1ccc(-c2nccc3ccccc23)cc1. The molecule has 130 valence electrons. The summed E-state index contributed by atoms with van der Waals surface area (Å²) in [5.41, 5.74) is 2.10. The monoisotopic (exact) mass is 353 g/mol. The summed E-state index contributed by atoms with van der Waals surface area (Å²) in [6, 6.07) is 18.8. The Morgan fingerprint density at radius 1 is 0.800 bits per heavy atom. The molecule has 3 aromatic rings. The molecule has 0 spiro atoms. The molecule has 0 atom stereocenters. The molecule has 3 nitrogen and oxygen atoms in total. The van der Waals surface area contributed by atoms with Gasteiger partial charge in [0.25, 0.3) is 0 Å². The lowest BCUT2D eigenvalue weighted by atomic mass is 10.0. The van der Waals surface area contributed by atoms with Gasteiger partial charge in [-0.15, -0.1) is 0 Å². The maximum Gasteiger partial charge on any atom is 0.205 e. The van der Waals surface area contributed by atoms with Crippen molar-refractivity contribution in [3.8, 4) is 11.3 Å². The normalized spacial score (nSPS) is 11.8. The van der Waals surface area contributed by atoms with Gasteiger partial charge in [-0.1, -0.05) is 36.4 Å². The third-order valence-corrected chi connectivity index (χ3v) is 5.58. The third-order valence-electron chi connectivity index (χ3n) is 3.64. The molecule has 0 radical (unpaired) electrons. The fourth-order valence-corrected chi connectivity index (χ4v) is 4.07. The first-order chi connectivity index (χ1) is 12.0. The van der Waals surface area contributed by atoms with Crippen LogP contribution in [0.1, 0.15) is 27.7 Å². The van der Waals surface area contributed by atoms with Gasteiger partial charge < -0.3 is 9.05 Å². The number of hydrogen-bond acceptors (Lipinski definition) is 3. The topological polar surface area (TPSA) is 31.4 Å². The quantitative estimate of drug-likeness (QED) is 0.534. The Morgan fingerprint density at radius 2 is 1.44 bits per heavy atom. The zero-order valence-electron chi connectivity index (χ0n) is 15.1. The number of aromatic nitrogens is 1. The molecule has 0 saturated heterocycles. The summed E-state index contributed by atoms with van der Waals surface area (Å²) in [7, 11) is -1.07. The third kappa shape index (κ3) is 4.43. The Balaban J connectivity index is 1.93. The molecule has 1 aromatic heterocycles. The molecule has 0 aliphatic heterocycles. The van der Waals surface area contributed by atoms with Gasteiger partial charge in [-0.25, -0.2) is 0 Å². The van der Waals surface area contributed by atoms with E-state index in [0.717, 1.165) is 21.9 Å². The van der Waals surface area contributed by atoms with E-state index in [-0.39, 0.29) is 12.2 Å². The van der Waals surface area contributed by atoms with Gasteiger partial charge in [0.15, 0.2) is 0 Å². The van der Waals surface area contributed by atoms with Gasteiger partial charge in [0.1, 0.15) is 0 Å². The van der Waals surface area contributed by atoms with Crippen LogP contribution in [-0.4, -0.2) is 17.2 Å². The number of benzene rings is 2. The molecule has 3 rings (SSSR count). The second-order valence-corrected chi connectivity index (χ2v) is 7.95. The Morgan fingerprint density at radius 3 is 2.08 bits per heavy atom. The van der Waals surface area contributed by atoms with E-state index in [1.807, 2.05) is 46.0 Å². The summed E-state index contributed by atoms with van der Waals surface area (Å²) in [4.78, 5) is 4.59. The van der Waals surface area contributed by atoms with E-state index >= 15 is 0 Å². The minimum absolute atomic E-state index is 0.129. The standard InChI is InChI=1S/C21H24NO2P/c1-15(2)23-25(24-16(3)4)19-11-9-18(10-12-19)21-20-8-6-5-7-17(20)13-14-22-21/h5-16H,1-4H3. The van der Waals surface area contributed by atoms with E-state index in [0.29, 0.717) is 0 Å². The highest BCUT2D eigenvalue weighted by molar-refractivity contribution is 7.56.